The summed E-state index contributed by atoms with van der Waals surface area (Å²) < 4.78 is 9.83. The summed E-state index contributed by atoms with van der Waals surface area (Å²) in [4.78, 5) is 37.7. The van der Waals surface area contributed by atoms with E-state index in [1.807, 2.05) is 0 Å². The molecule has 7 nitrogen and oxygen atoms in total. The van der Waals surface area contributed by atoms with Gasteiger partial charge in [0.25, 0.3) is 5.91 Å². The summed E-state index contributed by atoms with van der Waals surface area (Å²) in [6.07, 6.45) is 3.28. The van der Waals surface area contributed by atoms with Gasteiger partial charge in [0.15, 0.2) is 12.7 Å². The summed E-state index contributed by atoms with van der Waals surface area (Å²) in [5.41, 5.74) is 1.71. The predicted molar refractivity (Wildman–Crippen MR) is 108 cm³/mol. The standard InChI is InChI=1S/C21H23NO6S/c1-27-20(25)17-14-10-6-3-7-11-15(14)29-19(17)22-16(23)12-28-21(26)18(24)13-8-4-2-5-9-13/h2,4-5,8-9,18,24H,3,6-7,10-12H2,1H3,(H,22,23)/t18-/m0/s1. The molecule has 0 unspecified atom stereocenters. The maximum atomic E-state index is 12.3. The van der Waals surface area contributed by atoms with Crippen LogP contribution in [-0.2, 0) is 31.9 Å². The van der Waals surface area contributed by atoms with Gasteiger partial charge in [0.1, 0.15) is 5.00 Å². The van der Waals surface area contributed by atoms with E-state index in [2.05, 4.69) is 5.32 Å². The molecule has 1 amide bonds. The van der Waals surface area contributed by atoms with E-state index < -0.39 is 30.6 Å². The lowest BCUT2D eigenvalue weighted by atomic mass is 10.1. The average molecular weight is 417 g/mol. The minimum atomic E-state index is -1.47. The van der Waals surface area contributed by atoms with Gasteiger partial charge in [0.05, 0.1) is 12.7 Å². The van der Waals surface area contributed by atoms with Crippen LogP contribution < -0.4 is 5.32 Å². The number of thiophene rings is 1. The quantitative estimate of drug-likeness (QED) is 0.553. The number of amides is 1. The van der Waals surface area contributed by atoms with Crippen LogP contribution in [0.5, 0.6) is 0 Å². The molecule has 3 rings (SSSR count). The fourth-order valence-corrected chi connectivity index (χ4v) is 4.59. The number of nitrogens with one attached hydrogen (secondary N) is 1. The van der Waals surface area contributed by atoms with Gasteiger partial charge in [0.2, 0.25) is 0 Å². The highest BCUT2D eigenvalue weighted by Gasteiger charge is 2.27. The monoisotopic (exact) mass is 417 g/mol. The summed E-state index contributed by atoms with van der Waals surface area (Å²) in [5.74, 6) is -1.99. The molecular weight excluding hydrogens is 394 g/mol. The molecule has 1 heterocycles. The molecule has 0 spiro atoms. The van der Waals surface area contributed by atoms with E-state index in [1.54, 1.807) is 30.3 Å². The maximum absolute atomic E-state index is 12.3. The number of aryl methyl sites for hydroxylation is 1. The van der Waals surface area contributed by atoms with Crippen molar-refractivity contribution in [3.63, 3.8) is 0 Å². The summed E-state index contributed by atoms with van der Waals surface area (Å²) in [6, 6.07) is 8.32. The normalized spacial score (nSPS) is 14.3. The third-order valence-electron chi connectivity index (χ3n) is 4.75. The summed E-state index contributed by atoms with van der Waals surface area (Å²) in [7, 11) is 1.31. The Kier molecular flexibility index (Phi) is 7.00. The fourth-order valence-electron chi connectivity index (χ4n) is 3.30. The summed E-state index contributed by atoms with van der Waals surface area (Å²) in [6.45, 7) is -0.564. The molecule has 1 aromatic heterocycles. The topological polar surface area (TPSA) is 102 Å². The van der Waals surface area contributed by atoms with Gasteiger partial charge < -0.3 is 19.9 Å². The van der Waals surface area contributed by atoms with Crippen LogP contribution in [0.25, 0.3) is 0 Å². The molecule has 2 N–H and O–H groups in total. The summed E-state index contributed by atoms with van der Waals surface area (Å²) in [5, 5.41) is 13.1. The minimum Gasteiger partial charge on any atom is -0.465 e. The number of methoxy groups -OCH3 is 1. The van der Waals surface area contributed by atoms with E-state index in [9.17, 15) is 19.5 Å². The second-order valence-corrected chi connectivity index (χ2v) is 7.83. The van der Waals surface area contributed by atoms with Crippen LogP contribution in [0.15, 0.2) is 30.3 Å². The van der Waals surface area contributed by atoms with E-state index in [1.165, 1.54) is 18.4 Å². The van der Waals surface area contributed by atoms with Gasteiger partial charge >= 0.3 is 11.9 Å². The van der Waals surface area contributed by atoms with E-state index in [-0.39, 0.29) is 0 Å². The molecule has 0 radical (unpaired) electrons. The Labute approximate surface area is 172 Å². The van der Waals surface area contributed by atoms with Gasteiger partial charge in [0, 0.05) is 4.88 Å². The largest absolute Gasteiger partial charge is 0.465 e. The molecule has 29 heavy (non-hydrogen) atoms. The molecule has 8 heteroatoms. The van der Waals surface area contributed by atoms with Crippen LogP contribution in [-0.4, -0.2) is 36.7 Å². The molecular formula is C21H23NO6S. The zero-order valence-corrected chi connectivity index (χ0v) is 16.9. The number of benzene rings is 1. The Morgan fingerprint density at radius 3 is 2.59 bits per heavy atom. The second-order valence-electron chi connectivity index (χ2n) is 6.73. The van der Waals surface area contributed by atoms with E-state index >= 15 is 0 Å². The average Bonchev–Trinajstić information content (AvgIpc) is 2.91. The first-order valence-electron chi connectivity index (χ1n) is 9.43. The molecule has 2 aromatic rings. The number of aliphatic hydroxyl groups is 1. The third-order valence-corrected chi connectivity index (χ3v) is 5.96. The predicted octanol–water partition coefficient (Wildman–Crippen LogP) is 3.02. The van der Waals surface area contributed by atoms with Gasteiger partial charge in [-0.2, -0.15) is 0 Å². The van der Waals surface area contributed by atoms with Crippen molar-refractivity contribution < 1.29 is 29.0 Å². The van der Waals surface area contributed by atoms with Crippen molar-refractivity contribution in [2.75, 3.05) is 19.0 Å². The molecule has 1 aromatic carbocycles. The maximum Gasteiger partial charge on any atom is 0.341 e. The SMILES string of the molecule is COC(=O)c1c(NC(=O)COC(=O)[C@@H](O)c2ccccc2)sc2c1CCCCC2. The first kappa shape index (κ1) is 21.0. The zero-order valence-electron chi connectivity index (χ0n) is 16.1. The third kappa shape index (κ3) is 5.02. The highest BCUT2D eigenvalue weighted by molar-refractivity contribution is 7.17. The van der Waals surface area contributed by atoms with Crippen LogP contribution >= 0.6 is 11.3 Å². The van der Waals surface area contributed by atoms with Crippen molar-refractivity contribution in [1.29, 1.82) is 0 Å². The Morgan fingerprint density at radius 2 is 1.86 bits per heavy atom. The van der Waals surface area contributed by atoms with Gasteiger partial charge in [-0.1, -0.05) is 36.8 Å². The Hall–Kier alpha value is -2.71. The number of carbonyl (C=O) groups is 3. The Morgan fingerprint density at radius 1 is 1.14 bits per heavy atom. The Bertz CT molecular complexity index is 892. The first-order chi connectivity index (χ1) is 14.0. The number of esters is 2. The summed E-state index contributed by atoms with van der Waals surface area (Å²) >= 11 is 1.36. The zero-order chi connectivity index (χ0) is 20.8. The van der Waals surface area contributed by atoms with E-state index in [0.29, 0.717) is 16.1 Å². The minimum absolute atomic E-state index is 0.382. The van der Waals surface area contributed by atoms with Crippen LogP contribution in [0.2, 0.25) is 0 Å². The molecule has 1 aliphatic carbocycles. The van der Waals surface area contributed by atoms with Crippen LogP contribution in [0.1, 0.15) is 51.7 Å². The number of carbonyl (C=O) groups excluding carboxylic acids is 3. The van der Waals surface area contributed by atoms with E-state index in [4.69, 9.17) is 9.47 Å². The number of hydrogen-bond donors (Lipinski definition) is 2. The number of ether oxygens (including phenoxy) is 2. The molecule has 0 saturated heterocycles. The van der Waals surface area contributed by atoms with Gasteiger partial charge in [-0.3, -0.25) is 4.79 Å². The van der Waals surface area contributed by atoms with Crippen molar-refractivity contribution in [2.24, 2.45) is 0 Å². The molecule has 0 fully saturated rings. The van der Waals surface area contributed by atoms with Crippen molar-refractivity contribution in [3.8, 4) is 0 Å². The second kappa shape index (κ2) is 9.67. The lowest BCUT2D eigenvalue weighted by Gasteiger charge is -2.11. The van der Waals surface area contributed by atoms with Gasteiger partial charge in [-0.25, -0.2) is 9.59 Å². The van der Waals surface area contributed by atoms with Crippen LogP contribution in [0.4, 0.5) is 5.00 Å². The van der Waals surface area contributed by atoms with Gasteiger partial charge in [-0.15, -0.1) is 11.3 Å². The Balaban J connectivity index is 1.66. The lowest BCUT2D eigenvalue weighted by molar-refractivity contribution is -0.156. The number of fused-ring (bicyclic) bond motifs is 1. The van der Waals surface area contributed by atoms with Gasteiger partial charge in [-0.05, 0) is 36.8 Å². The highest BCUT2D eigenvalue weighted by atomic mass is 32.1. The number of aliphatic hydroxyl groups excluding tert-OH is 1. The number of rotatable bonds is 6. The number of hydrogen-bond acceptors (Lipinski definition) is 7. The first-order valence-corrected chi connectivity index (χ1v) is 10.2. The molecule has 1 atom stereocenters. The van der Waals surface area contributed by atoms with Crippen molar-refractivity contribution in [2.45, 2.75) is 38.2 Å². The van der Waals surface area contributed by atoms with E-state index in [0.717, 1.165) is 42.5 Å². The molecule has 0 saturated carbocycles. The molecule has 0 bridgehead atoms. The van der Waals surface area contributed by atoms with Crippen molar-refractivity contribution >= 4 is 34.2 Å². The van der Waals surface area contributed by atoms with Crippen molar-refractivity contribution in [3.05, 3.63) is 51.9 Å². The van der Waals surface area contributed by atoms with Crippen LogP contribution in [0.3, 0.4) is 0 Å². The lowest BCUT2D eigenvalue weighted by Crippen LogP contribution is -2.24. The van der Waals surface area contributed by atoms with Crippen LogP contribution in [0, 0.1) is 0 Å². The fraction of sp³-hybridized carbons (Fsp3) is 0.381. The smallest absolute Gasteiger partial charge is 0.341 e. The molecule has 154 valence electrons. The number of anilines is 1. The van der Waals surface area contributed by atoms with Crippen molar-refractivity contribution in [1.82, 2.24) is 0 Å². The molecule has 1 aliphatic rings. The molecule has 0 aliphatic heterocycles. The highest BCUT2D eigenvalue weighted by Crippen LogP contribution is 2.37.